The number of pyridine rings is 2. The van der Waals surface area contributed by atoms with Crippen LogP contribution in [-0.4, -0.2) is 38.8 Å². The molecule has 3 heterocycles. The Morgan fingerprint density at radius 1 is 0.902 bits per heavy atom. The summed E-state index contributed by atoms with van der Waals surface area (Å²) < 4.78 is 13.6. The zero-order valence-electron chi connectivity index (χ0n) is 22.9. The van der Waals surface area contributed by atoms with Gasteiger partial charge in [-0.15, -0.1) is 0 Å². The molecule has 2 aromatic carbocycles. The van der Waals surface area contributed by atoms with Gasteiger partial charge in [-0.3, -0.25) is 4.79 Å². The van der Waals surface area contributed by atoms with Gasteiger partial charge in [0, 0.05) is 30.1 Å². The van der Waals surface area contributed by atoms with Crippen molar-refractivity contribution in [1.82, 2.24) is 19.7 Å². The molecule has 1 saturated carbocycles. The van der Waals surface area contributed by atoms with Gasteiger partial charge < -0.3 is 20.1 Å². The second-order valence-corrected chi connectivity index (χ2v) is 10.1. The third kappa shape index (κ3) is 6.14. The van der Waals surface area contributed by atoms with E-state index < -0.39 is 0 Å². The van der Waals surface area contributed by atoms with Crippen LogP contribution in [0.3, 0.4) is 0 Å². The van der Waals surface area contributed by atoms with Crippen LogP contribution in [0.25, 0.3) is 11.0 Å². The van der Waals surface area contributed by atoms with Crippen molar-refractivity contribution in [3.8, 4) is 17.2 Å². The van der Waals surface area contributed by atoms with Crippen molar-refractivity contribution in [3.63, 3.8) is 0 Å². The zero-order valence-corrected chi connectivity index (χ0v) is 22.9. The van der Waals surface area contributed by atoms with Crippen LogP contribution in [0.15, 0.2) is 85.2 Å². The van der Waals surface area contributed by atoms with Crippen LogP contribution in [0.5, 0.6) is 17.2 Å². The lowest BCUT2D eigenvalue weighted by molar-refractivity contribution is 0.102. The number of carbonyl (C=O) groups is 1. The molecule has 1 fully saturated rings. The van der Waals surface area contributed by atoms with Gasteiger partial charge in [-0.25, -0.2) is 14.6 Å². The molecule has 2 N–H and O–H groups in total. The summed E-state index contributed by atoms with van der Waals surface area (Å²) in [5.74, 6) is 3.11. The number of nitrogens with one attached hydrogen (secondary N) is 2. The Kier molecular flexibility index (Phi) is 7.75. The van der Waals surface area contributed by atoms with Crippen LogP contribution in [0.1, 0.15) is 48.0 Å². The summed E-state index contributed by atoms with van der Waals surface area (Å²) in [4.78, 5) is 21.5. The van der Waals surface area contributed by atoms with Gasteiger partial charge in [-0.1, -0.05) is 37.5 Å². The first-order chi connectivity index (χ1) is 20.2. The molecule has 1 aliphatic carbocycles. The van der Waals surface area contributed by atoms with Crippen molar-refractivity contribution < 1.29 is 14.3 Å². The molecule has 0 atom stereocenters. The highest BCUT2D eigenvalue weighted by molar-refractivity contribution is 6.03. The number of methoxy groups -OCH3 is 1. The van der Waals surface area contributed by atoms with E-state index in [1.807, 2.05) is 41.1 Å². The predicted molar refractivity (Wildman–Crippen MR) is 159 cm³/mol. The van der Waals surface area contributed by atoms with Gasteiger partial charge >= 0.3 is 0 Å². The molecule has 1 aliphatic rings. The van der Waals surface area contributed by atoms with E-state index >= 15 is 0 Å². The second kappa shape index (κ2) is 12.1. The number of fused-ring (bicyclic) bond motifs is 1. The molecule has 9 nitrogen and oxygen atoms in total. The summed E-state index contributed by atoms with van der Waals surface area (Å²) in [5.41, 5.74) is 2.34. The highest BCUT2D eigenvalue weighted by Gasteiger charge is 2.21. The lowest BCUT2D eigenvalue weighted by atomic mass is 9.95. The summed E-state index contributed by atoms with van der Waals surface area (Å²) in [5, 5.41) is 12.3. The molecule has 3 aromatic heterocycles. The summed E-state index contributed by atoms with van der Waals surface area (Å²) in [6.45, 7) is 0.559. The molecule has 5 aromatic rings. The Morgan fingerprint density at radius 2 is 1.68 bits per heavy atom. The Morgan fingerprint density at radius 3 is 2.41 bits per heavy atom. The Bertz CT molecular complexity index is 1610. The largest absolute Gasteiger partial charge is 0.497 e. The minimum Gasteiger partial charge on any atom is -0.497 e. The minimum atomic E-state index is -0.236. The highest BCUT2D eigenvalue weighted by atomic mass is 16.5. The normalized spacial score (nSPS) is 13.6. The minimum absolute atomic E-state index is 0.236. The topological polar surface area (TPSA) is 103 Å². The summed E-state index contributed by atoms with van der Waals surface area (Å²) in [6.07, 6.45) is 9.31. The summed E-state index contributed by atoms with van der Waals surface area (Å²) in [7, 11) is 1.66. The number of hydrogen-bond donors (Lipinski definition) is 2. The van der Waals surface area contributed by atoms with E-state index in [-0.39, 0.29) is 5.91 Å². The number of amides is 1. The number of hydrogen-bond acceptors (Lipinski definition) is 7. The lowest BCUT2D eigenvalue weighted by Gasteiger charge is -2.22. The van der Waals surface area contributed by atoms with E-state index in [4.69, 9.17) is 19.6 Å². The maximum atomic E-state index is 12.7. The molecule has 208 valence electrons. The third-order valence-electron chi connectivity index (χ3n) is 7.28. The molecule has 9 heteroatoms. The summed E-state index contributed by atoms with van der Waals surface area (Å²) in [6, 6.07) is 22.6. The molecule has 0 saturated heterocycles. The van der Waals surface area contributed by atoms with Crippen molar-refractivity contribution in [2.75, 3.05) is 17.7 Å². The van der Waals surface area contributed by atoms with Gasteiger partial charge in [0.05, 0.1) is 13.7 Å². The van der Waals surface area contributed by atoms with Crippen molar-refractivity contribution in [1.29, 1.82) is 0 Å². The maximum absolute atomic E-state index is 12.7. The number of carbonyl (C=O) groups excluding carboxylic acids is 1. The molecule has 0 bridgehead atoms. The molecule has 41 heavy (non-hydrogen) atoms. The number of rotatable bonds is 9. The van der Waals surface area contributed by atoms with E-state index in [2.05, 4.69) is 15.6 Å². The van der Waals surface area contributed by atoms with Gasteiger partial charge in [0.15, 0.2) is 11.5 Å². The van der Waals surface area contributed by atoms with Crippen molar-refractivity contribution >= 4 is 28.6 Å². The first kappa shape index (κ1) is 26.3. The molecular weight excluding hydrogens is 516 g/mol. The smallest absolute Gasteiger partial charge is 0.256 e. The quantitative estimate of drug-likeness (QED) is 0.212. The van der Waals surface area contributed by atoms with Crippen LogP contribution in [0, 0.1) is 0 Å². The predicted octanol–water partition coefficient (Wildman–Crippen LogP) is 6.67. The van der Waals surface area contributed by atoms with Crippen molar-refractivity contribution in [2.45, 2.75) is 44.7 Å². The fourth-order valence-corrected chi connectivity index (χ4v) is 5.14. The van der Waals surface area contributed by atoms with Crippen LogP contribution < -0.4 is 20.1 Å². The average molecular weight is 549 g/mol. The number of ether oxygens (including phenoxy) is 2. The highest BCUT2D eigenvalue weighted by Crippen LogP contribution is 2.36. The molecule has 6 rings (SSSR count). The zero-order chi connectivity index (χ0) is 28.0. The Balaban J connectivity index is 1.28. The van der Waals surface area contributed by atoms with E-state index in [1.165, 1.54) is 19.3 Å². The van der Waals surface area contributed by atoms with Gasteiger partial charge in [-0.2, -0.15) is 5.10 Å². The van der Waals surface area contributed by atoms with Crippen LogP contribution >= 0.6 is 0 Å². The average Bonchev–Trinajstić information content (AvgIpc) is 3.36. The van der Waals surface area contributed by atoms with E-state index in [1.54, 1.807) is 55.9 Å². The molecular formula is C32H32N6O3. The van der Waals surface area contributed by atoms with Gasteiger partial charge in [0.1, 0.15) is 28.5 Å². The molecule has 0 spiro atoms. The fourth-order valence-electron chi connectivity index (χ4n) is 5.14. The van der Waals surface area contributed by atoms with Gasteiger partial charge in [0.2, 0.25) is 0 Å². The van der Waals surface area contributed by atoms with Gasteiger partial charge in [0.25, 0.3) is 5.91 Å². The van der Waals surface area contributed by atoms with E-state index in [9.17, 15) is 4.79 Å². The second-order valence-electron chi connectivity index (χ2n) is 10.1. The summed E-state index contributed by atoms with van der Waals surface area (Å²) >= 11 is 0. The van der Waals surface area contributed by atoms with Crippen LogP contribution in [0.4, 0.5) is 11.6 Å². The Hall–Kier alpha value is -4.92. The third-order valence-corrected chi connectivity index (χ3v) is 7.28. The van der Waals surface area contributed by atoms with Crippen LogP contribution in [0.2, 0.25) is 0 Å². The lowest BCUT2D eigenvalue weighted by Crippen LogP contribution is -2.22. The SMILES string of the molecule is COc1ccc(Cn2nc(NC3CCCCC3)c3c(Oc4ccc(C(=O)Nc5ccccn5)cc4)ccnc32)cc1. The van der Waals surface area contributed by atoms with Crippen molar-refractivity contribution in [3.05, 3.63) is 96.3 Å². The van der Waals surface area contributed by atoms with E-state index in [0.717, 1.165) is 41.0 Å². The van der Waals surface area contributed by atoms with Gasteiger partial charge in [-0.05, 0) is 66.9 Å². The number of nitrogens with zero attached hydrogens (tertiary/aromatic N) is 4. The molecule has 0 radical (unpaired) electrons. The van der Waals surface area contributed by atoms with E-state index in [0.29, 0.717) is 35.5 Å². The standard InChI is InChI=1S/C32H32N6O3/c1-40-25-14-10-22(11-15-25)21-38-31-29(30(37-38)35-24-7-3-2-4-8-24)27(18-20-34-31)41-26-16-12-23(13-17-26)32(39)36-28-9-5-6-19-33-28/h5-6,9-20,24H,2-4,7-8,21H2,1H3,(H,35,37)(H,33,36,39). The van der Waals surface area contributed by atoms with Crippen LogP contribution in [-0.2, 0) is 6.54 Å². The monoisotopic (exact) mass is 548 g/mol. The molecule has 1 amide bonds. The van der Waals surface area contributed by atoms with Crippen molar-refractivity contribution in [2.24, 2.45) is 0 Å². The maximum Gasteiger partial charge on any atom is 0.256 e. The Labute approximate surface area is 238 Å². The number of benzene rings is 2. The first-order valence-electron chi connectivity index (χ1n) is 13.9. The first-order valence-corrected chi connectivity index (χ1v) is 13.9. The number of anilines is 2. The number of aromatic nitrogens is 4. The molecule has 0 aliphatic heterocycles. The fraction of sp³-hybridized carbons (Fsp3) is 0.250. The molecule has 0 unspecified atom stereocenters.